The number of sulfone groups is 1. The van der Waals surface area contributed by atoms with E-state index in [9.17, 15) is 18.3 Å². The average molecular weight is 858 g/mol. The van der Waals surface area contributed by atoms with E-state index in [-0.39, 0.29) is 41.9 Å². The van der Waals surface area contributed by atoms with Gasteiger partial charge in [0.25, 0.3) is 0 Å². The van der Waals surface area contributed by atoms with Crippen LogP contribution in [-0.4, -0.2) is 80.6 Å². The summed E-state index contributed by atoms with van der Waals surface area (Å²) in [7, 11) is -0.548. The highest BCUT2D eigenvalue weighted by Gasteiger charge is 2.38. The summed E-state index contributed by atoms with van der Waals surface area (Å²) in [5.41, 5.74) is 5.42. The molecule has 2 unspecified atom stereocenters. The minimum atomic E-state index is -3.80. The molecule has 1 aliphatic heterocycles. The largest absolute Gasteiger partial charge is 0.497 e. The topological polar surface area (TPSA) is 125 Å². The molecule has 2 heterocycles. The third-order valence-electron chi connectivity index (χ3n) is 10.4. The van der Waals surface area contributed by atoms with Crippen LogP contribution in [0.4, 0.5) is 20.7 Å². The summed E-state index contributed by atoms with van der Waals surface area (Å²) < 4.78 is 54.9. The highest BCUT2D eigenvalue weighted by Crippen LogP contribution is 2.45. The molecule has 1 saturated heterocycles. The van der Waals surface area contributed by atoms with E-state index in [1.165, 1.54) is 4.90 Å². The predicted molar refractivity (Wildman–Crippen MR) is 211 cm³/mol. The van der Waals surface area contributed by atoms with Crippen LogP contribution in [0.3, 0.4) is 0 Å². The molecule has 0 radical (unpaired) electrons. The van der Waals surface area contributed by atoms with E-state index in [1.807, 2.05) is 78.2 Å². The van der Waals surface area contributed by atoms with Gasteiger partial charge in [-0.1, -0.05) is 31.2 Å². The highest BCUT2D eigenvalue weighted by atomic mass is 127. The Morgan fingerprint density at radius 2 is 1.57 bits per heavy atom. The monoisotopic (exact) mass is 857 g/mol. The molecule has 1 N–H and O–H groups in total. The Bertz CT molecular complexity index is 2050. The first-order valence-corrected chi connectivity index (χ1v) is 20.5. The molecule has 3 aromatic carbocycles. The summed E-state index contributed by atoms with van der Waals surface area (Å²) in [5, 5.41) is 9.31. The van der Waals surface area contributed by atoms with Crippen LogP contribution < -0.4 is 19.3 Å². The fourth-order valence-corrected chi connectivity index (χ4v) is 8.77. The van der Waals surface area contributed by atoms with Gasteiger partial charge in [0.1, 0.15) is 17.3 Å². The number of amides is 1. The van der Waals surface area contributed by atoms with Gasteiger partial charge in [-0.3, -0.25) is 0 Å². The number of hydrogen-bond acceptors (Lipinski definition) is 9. The van der Waals surface area contributed by atoms with Crippen molar-refractivity contribution in [3.63, 3.8) is 0 Å². The normalized spacial score (nSPS) is 18.8. The van der Waals surface area contributed by atoms with Gasteiger partial charge in [-0.25, -0.2) is 27.6 Å². The summed E-state index contributed by atoms with van der Waals surface area (Å²) in [6, 6.07) is 17.2. The number of fused-ring (bicyclic) bond motifs is 1. The van der Waals surface area contributed by atoms with Crippen molar-refractivity contribution < 1.29 is 32.2 Å². The van der Waals surface area contributed by atoms with Gasteiger partial charge in [0, 0.05) is 59.7 Å². The van der Waals surface area contributed by atoms with Gasteiger partial charge in [-0.15, -0.1) is 0 Å². The zero-order valence-electron chi connectivity index (χ0n) is 30.8. The highest BCUT2D eigenvalue weighted by molar-refractivity contribution is 14.1. The SMILES string of the molecule is COc1ccc(CN(Cc2ccc(OC)cc2)c2cc(C)c(I)c(C3Cc4nc(S(C)(=O)=O)nc(N5CCN(C(=O)O)C[C@@H]5C)c4CC3C)c2F)cc1. The Kier molecular flexibility index (Phi) is 11.4. The molecule has 0 saturated carbocycles. The number of methoxy groups -OCH3 is 2. The molecule has 0 spiro atoms. The van der Waals surface area contributed by atoms with E-state index in [2.05, 4.69) is 39.5 Å². The van der Waals surface area contributed by atoms with Crippen molar-refractivity contribution in [3.8, 4) is 11.5 Å². The van der Waals surface area contributed by atoms with Crippen LogP contribution in [0.25, 0.3) is 0 Å². The first-order valence-electron chi connectivity index (χ1n) is 17.5. The van der Waals surface area contributed by atoms with Gasteiger partial charge >= 0.3 is 6.09 Å². The van der Waals surface area contributed by atoms with Crippen LogP contribution in [-0.2, 0) is 35.8 Å². The summed E-state index contributed by atoms with van der Waals surface area (Å²) in [6.45, 7) is 7.78. The minimum absolute atomic E-state index is 0.0427. The zero-order valence-corrected chi connectivity index (χ0v) is 33.7. The van der Waals surface area contributed by atoms with Crippen molar-refractivity contribution in [2.75, 3.05) is 49.9 Å². The number of anilines is 2. The number of benzene rings is 3. The number of ether oxygens (including phenoxy) is 2. The van der Waals surface area contributed by atoms with Crippen LogP contribution in [0, 0.1) is 22.2 Å². The molecule has 1 fully saturated rings. The number of carbonyl (C=O) groups is 1. The number of piperazine rings is 1. The summed E-state index contributed by atoms with van der Waals surface area (Å²) in [5.74, 6) is 1.35. The van der Waals surface area contributed by atoms with Gasteiger partial charge < -0.3 is 29.3 Å². The summed E-state index contributed by atoms with van der Waals surface area (Å²) in [4.78, 5) is 26.3. The second-order valence-corrected chi connectivity index (χ2v) is 17.1. The second-order valence-electron chi connectivity index (χ2n) is 14.1. The van der Waals surface area contributed by atoms with Crippen molar-refractivity contribution in [3.05, 3.63) is 97.5 Å². The smallest absolute Gasteiger partial charge is 0.407 e. The Labute approximate surface area is 324 Å². The van der Waals surface area contributed by atoms with Crippen molar-refractivity contribution in [2.45, 2.75) is 63.8 Å². The maximum Gasteiger partial charge on any atom is 0.407 e. The lowest BCUT2D eigenvalue weighted by molar-refractivity contribution is 0.136. The molecule has 1 amide bonds. The first-order chi connectivity index (χ1) is 25.2. The third-order valence-corrected chi connectivity index (χ3v) is 12.6. The van der Waals surface area contributed by atoms with Crippen LogP contribution in [0.15, 0.2) is 59.8 Å². The van der Waals surface area contributed by atoms with Gasteiger partial charge in [0.15, 0.2) is 5.82 Å². The summed E-state index contributed by atoms with van der Waals surface area (Å²) in [6.07, 6.45) is 0.925. The molecular weight excluding hydrogens is 812 g/mol. The standard InChI is InChI=1S/C39H45FIN5O6S/c1-23-17-31-32(42-38(53(6,49)50)43-37(31)46-16-15-44(39(47)48)20-25(46)3)19-30(23)34-35(40)33(18-24(2)36(34)41)45(21-26-7-11-28(51-4)12-8-26)22-27-9-13-29(52-5)14-10-27/h7-14,18,23,25,30H,15-17,19-22H2,1-6H3,(H,47,48)/t23?,25-,30?/m0/s1. The summed E-state index contributed by atoms with van der Waals surface area (Å²) >= 11 is 2.24. The predicted octanol–water partition coefficient (Wildman–Crippen LogP) is 6.86. The van der Waals surface area contributed by atoms with Crippen LogP contribution in [0.1, 0.15) is 53.3 Å². The van der Waals surface area contributed by atoms with E-state index < -0.39 is 15.9 Å². The maximum atomic E-state index is 17.5. The Hall–Kier alpha value is -4.18. The number of halogens is 2. The van der Waals surface area contributed by atoms with Gasteiger partial charge in [0.2, 0.25) is 15.0 Å². The lowest BCUT2D eigenvalue weighted by Gasteiger charge is -2.41. The van der Waals surface area contributed by atoms with Crippen LogP contribution in [0.5, 0.6) is 11.5 Å². The van der Waals surface area contributed by atoms with E-state index in [4.69, 9.17) is 9.47 Å². The molecular formula is C39H45FIN5O6S. The van der Waals surface area contributed by atoms with E-state index in [0.29, 0.717) is 55.2 Å². The number of carboxylic acid groups (broad SMARTS) is 1. The first kappa shape index (κ1) is 38.5. The van der Waals surface area contributed by atoms with E-state index in [0.717, 1.165) is 43.6 Å². The van der Waals surface area contributed by atoms with E-state index >= 15 is 4.39 Å². The van der Waals surface area contributed by atoms with Crippen molar-refractivity contribution in [1.82, 2.24) is 14.9 Å². The lowest BCUT2D eigenvalue weighted by atomic mass is 9.74. The molecule has 1 aliphatic carbocycles. The molecule has 6 rings (SSSR count). The van der Waals surface area contributed by atoms with Gasteiger partial charge in [0.05, 0.1) is 25.6 Å². The molecule has 0 bridgehead atoms. The zero-order chi connectivity index (χ0) is 38.2. The number of nitrogens with zero attached hydrogens (tertiary/aromatic N) is 5. The number of hydrogen-bond donors (Lipinski definition) is 1. The number of aromatic nitrogens is 2. The molecule has 3 atom stereocenters. The maximum absolute atomic E-state index is 17.5. The molecule has 282 valence electrons. The van der Waals surface area contributed by atoms with Gasteiger partial charge in [-0.05, 0) is 108 Å². The van der Waals surface area contributed by atoms with Crippen molar-refractivity contribution in [1.29, 1.82) is 0 Å². The third kappa shape index (κ3) is 8.17. The molecule has 4 aromatic rings. The Morgan fingerprint density at radius 1 is 0.981 bits per heavy atom. The molecule has 14 heteroatoms. The van der Waals surface area contributed by atoms with Gasteiger partial charge in [-0.2, -0.15) is 0 Å². The van der Waals surface area contributed by atoms with Crippen LogP contribution in [0.2, 0.25) is 0 Å². The molecule has 1 aromatic heterocycles. The lowest BCUT2D eigenvalue weighted by Crippen LogP contribution is -2.54. The number of aryl methyl sites for hydroxylation is 1. The average Bonchev–Trinajstić information content (AvgIpc) is 3.13. The fraction of sp³-hybridized carbons (Fsp3) is 0.410. The Balaban J connectivity index is 1.42. The minimum Gasteiger partial charge on any atom is -0.497 e. The van der Waals surface area contributed by atoms with Crippen molar-refractivity contribution in [2.24, 2.45) is 5.92 Å². The second kappa shape index (κ2) is 15.7. The fourth-order valence-electron chi connectivity index (χ4n) is 7.45. The molecule has 11 nitrogen and oxygen atoms in total. The number of rotatable bonds is 10. The van der Waals surface area contributed by atoms with Crippen LogP contribution >= 0.6 is 22.6 Å². The Morgan fingerprint density at radius 3 is 2.08 bits per heavy atom. The molecule has 2 aliphatic rings. The van der Waals surface area contributed by atoms with E-state index in [1.54, 1.807) is 14.2 Å². The molecule has 53 heavy (non-hydrogen) atoms. The quantitative estimate of drug-likeness (QED) is 0.134. The van der Waals surface area contributed by atoms with Crippen molar-refractivity contribution >= 4 is 50.0 Å².